The molecule has 5 rings (SSSR count). The van der Waals surface area contributed by atoms with Crippen molar-refractivity contribution in [2.45, 2.75) is 19.8 Å². The minimum absolute atomic E-state index is 0.181. The van der Waals surface area contributed by atoms with Crippen LogP contribution in [0.1, 0.15) is 18.4 Å². The van der Waals surface area contributed by atoms with Gasteiger partial charge in [0.05, 0.1) is 18.2 Å². The summed E-state index contributed by atoms with van der Waals surface area (Å²) < 4.78 is 22.7. The maximum absolute atomic E-state index is 13.3. The fraction of sp³-hybridized carbons (Fsp3) is 0.375. The largest absolute Gasteiger partial charge is 0.490 e. The third-order valence-electron chi connectivity index (χ3n) is 5.88. The average Bonchev–Trinajstić information content (AvgIpc) is 3.45. The van der Waals surface area contributed by atoms with Crippen LogP contribution in [0, 0.1) is 6.92 Å². The van der Waals surface area contributed by atoms with Gasteiger partial charge >= 0.3 is 0 Å². The molecule has 0 saturated carbocycles. The number of nitrogens with one attached hydrogen (secondary N) is 1. The smallest absolute Gasteiger partial charge is 0.235 e. The minimum atomic E-state index is -0.192. The van der Waals surface area contributed by atoms with Gasteiger partial charge in [-0.2, -0.15) is 0 Å². The second-order valence-corrected chi connectivity index (χ2v) is 8.03. The predicted octanol–water partition coefficient (Wildman–Crippen LogP) is 4.01. The van der Waals surface area contributed by atoms with E-state index < -0.39 is 0 Å². The molecule has 0 spiro atoms. The Bertz CT molecular complexity index is 1180. The molecule has 31 heavy (non-hydrogen) atoms. The van der Waals surface area contributed by atoms with Crippen LogP contribution >= 0.6 is 0 Å². The predicted molar refractivity (Wildman–Crippen MR) is 119 cm³/mol. The van der Waals surface area contributed by atoms with E-state index in [1.807, 2.05) is 37.3 Å². The molecule has 2 aliphatic heterocycles. The number of hydrogen-bond acceptors (Lipinski definition) is 7. The van der Waals surface area contributed by atoms with Gasteiger partial charge in [-0.1, -0.05) is 0 Å². The molecule has 1 aromatic heterocycles. The topological polar surface area (TPSA) is 73.2 Å². The van der Waals surface area contributed by atoms with Crippen molar-refractivity contribution in [2.75, 3.05) is 45.4 Å². The molecule has 0 radical (unpaired) electrons. The highest BCUT2D eigenvalue weighted by atomic mass is 16.7. The van der Waals surface area contributed by atoms with E-state index in [1.54, 1.807) is 0 Å². The first-order valence-electron chi connectivity index (χ1n) is 10.7. The van der Waals surface area contributed by atoms with Gasteiger partial charge in [-0.05, 0) is 68.8 Å². The summed E-state index contributed by atoms with van der Waals surface area (Å²) in [6.45, 7) is 6.21. The fourth-order valence-electron chi connectivity index (χ4n) is 4.33. The van der Waals surface area contributed by atoms with Crippen molar-refractivity contribution in [3.05, 3.63) is 46.1 Å². The average molecular weight is 422 g/mol. The van der Waals surface area contributed by atoms with E-state index in [1.165, 1.54) is 20.0 Å². The van der Waals surface area contributed by atoms with Gasteiger partial charge in [0.2, 0.25) is 18.0 Å². The van der Waals surface area contributed by atoms with Gasteiger partial charge in [0.1, 0.15) is 0 Å². The molecule has 3 heterocycles. The number of benzene rings is 2. The van der Waals surface area contributed by atoms with Crippen LogP contribution in [0.4, 0.5) is 5.69 Å². The highest BCUT2D eigenvalue weighted by Crippen LogP contribution is 2.39. The first-order valence-corrected chi connectivity index (χ1v) is 10.7. The zero-order valence-electron chi connectivity index (χ0n) is 17.8. The molecule has 1 N–H and O–H groups in total. The van der Waals surface area contributed by atoms with Gasteiger partial charge in [-0.15, -0.1) is 0 Å². The van der Waals surface area contributed by atoms with Crippen LogP contribution in [-0.2, 0) is 0 Å². The number of hydrogen-bond donors (Lipinski definition) is 1. The van der Waals surface area contributed by atoms with E-state index in [4.69, 9.17) is 18.6 Å². The van der Waals surface area contributed by atoms with Crippen molar-refractivity contribution in [1.29, 1.82) is 0 Å². The molecule has 3 aromatic rings. The molecule has 1 fully saturated rings. The maximum atomic E-state index is 13.3. The third kappa shape index (κ3) is 3.70. The summed E-state index contributed by atoms with van der Waals surface area (Å²) in [6.07, 6.45) is 2.53. The molecule has 1 saturated heterocycles. The molecule has 162 valence electrons. The Kier molecular flexibility index (Phi) is 5.19. The molecule has 2 aromatic carbocycles. The summed E-state index contributed by atoms with van der Waals surface area (Å²) in [5.41, 5.74) is 2.84. The van der Waals surface area contributed by atoms with Crippen LogP contribution in [0.3, 0.4) is 0 Å². The number of aryl methyl sites for hydroxylation is 1. The molecule has 7 heteroatoms. The van der Waals surface area contributed by atoms with Crippen LogP contribution in [0.2, 0.25) is 0 Å². The molecular formula is C24H26N2O5. The Morgan fingerprint density at radius 1 is 1.10 bits per heavy atom. The van der Waals surface area contributed by atoms with E-state index >= 15 is 0 Å². The van der Waals surface area contributed by atoms with Gasteiger partial charge in [-0.3, -0.25) is 4.79 Å². The molecule has 0 atom stereocenters. The normalized spacial score (nSPS) is 15.5. The molecule has 7 nitrogen and oxygen atoms in total. The quantitative estimate of drug-likeness (QED) is 0.643. The second kappa shape index (κ2) is 8.15. The molecule has 0 amide bonds. The van der Waals surface area contributed by atoms with Crippen molar-refractivity contribution in [1.82, 2.24) is 4.90 Å². The zero-order valence-corrected chi connectivity index (χ0v) is 17.8. The summed E-state index contributed by atoms with van der Waals surface area (Å²) in [5.74, 6) is 1.85. The van der Waals surface area contributed by atoms with Crippen molar-refractivity contribution in [3.63, 3.8) is 0 Å². The van der Waals surface area contributed by atoms with Crippen LogP contribution in [-0.4, -0.2) is 45.0 Å². The highest BCUT2D eigenvalue weighted by Gasteiger charge is 2.22. The lowest BCUT2D eigenvalue weighted by molar-refractivity contribution is 0.174. The lowest BCUT2D eigenvalue weighted by Gasteiger charge is -2.17. The van der Waals surface area contributed by atoms with Crippen molar-refractivity contribution >= 4 is 16.7 Å². The molecule has 0 unspecified atom stereocenters. The van der Waals surface area contributed by atoms with Gasteiger partial charge in [-0.25, -0.2) is 0 Å². The minimum Gasteiger partial charge on any atom is -0.490 e. The number of nitrogens with zero attached hydrogens (tertiary/aromatic N) is 1. The Hall–Kier alpha value is -3.19. The Labute approximate surface area is 180 Å². The van der Waals surface area contributed by atoms with Crippen LogP contribution in [0.5, 0.6) is 17.2 Å². The highest BCUT2D eigenvalue weighted by molar-refractivity contribution is 5.92. The van der Waals surface area contributed by atoms with Crippen LogP contribution < -0.4 is 25.0 Å². The number of fused-ring (bicyclic) bond motifs is 2. The molecular weight excluding hydrogens is 396 g/mol. The lowest BCUT2D eigenvalue weighted by atomic mass is 10.1. The lowest BCUT2D eigenvalue weighted by Crippen LogP contribution is -2.26. The Morgan fingerprint density at radius 3 is 2.71 bits per heavy atom. The summed E-state index contributed by atoms with van der Waals surface area (Å²) in [4.78, 5) is 15.7. The van der Waals surface area contributed by atoms with Gasteiger partial charge in [0, 0.05) is 18.7 Å². The summed E-state index contributed by atoms with van der Waals surface area (Å²) in [6, 6.07) is 9.33. The van der Waals surface area contributed by atoms with E-state index in [9.17, 15) is 4.79 Å². The maximum Gasteiger partial charge on any atom is 0.235 e. The standard InChI is InChI=1S/C24H26N2O5/c1-15-11-17-21(27)24(28-2)22(16-5-6-19-20(13-16)30-14-29-19)31-23(17)18(12-15)25-7-10-26-8-3-4-9-26/h5-6,11-13,25H,3-4,7-10,14H2,1-2H3. The van der Waals surface area contributed by atoms with E-state index in [2.05, 4.69) is 10.2 Å². The van der Waals surface area contributed by atoms with E-state index in [0.29, 0.717) is 33.8 Å². The summed E-state index contributed by atoms with van der Waals surface area (Å²) >= 11 is 0. The molecule has 0 aliphatic carbocycles. The fourth-order valence-corrected chi connectivity index (χ4v) is 4.33. The SMILES string of the molecule is COc1c(-c2ccc3c(c2)OCO3)oc2c(NCCN3CCCC3)cc(C)cc2c1=O. The third-order valence-corrected chi connectivity index (χ3v) is 5.88. The summed E-state index contributed by atoms with van der Waals surface area (Å²) in [5, 5.41) is 3.99. The number of methoxy groups -OCH3 is 1. The van der Waals surface area contributed by atoms with Gasteiger partial charge in [0.15, 0.2) is 22.8 Å². The molecule has 0 bridgehead atoms. The van der Waals surface area contributed by atoms with E-state index in [0.717, 1.165) is 37.4 Å². The van der Waals surface area contributed by atoms with Crippen molar-refractivity contribution in [3.8, 4) is 28.6 Å². The zero-order chi connectivity index (χ0) is 21.4. The van der Waals surface area contributed by atoms with Crippen LogP contribution in [0.15, 0.2) is 39.5 Å². The van der Waals surface area contributed by atoms with Gasteiger partial charge < -0.3 is 28.8 Å². The Morgan fingerprint density at radius 2 is 1.90 bits per heavy atom. The number of anilines is 1. The number of rotatable bonds is 6. The van der Waals surface area contributed by atoms with Gasteiger partial charge in [0.25, 0.3) is 0 Å². The van der Waals surface area contributed by atoms with Crippen molar-refractivity contribution < 1.29 is 18.6 Å². The monoisotopic (exact) mass is 422 g/mol. The number of ether oxygens (including phenoxy) is 3. The first-order chi connectivity index (χ1) is 15.1. The van der Waals surface area contributed by atoms with Crippen LogP contribution in [0.25, 0.3) is 22.3 Å². The molecule has 2 aliphatic rings. The van der Waals surface area contributed by atoms with Crippen molar-refractivity contribution in [2.24, 2.45) is 0 Å². The first kappa shape index (κ1) is 19.8. The summed E-state index contributed by atoms with van der Waals surface area (Å²) in [7, 11) is 1.49. The van der Waals surface area contributed by atoms with E-state index in [-0.39, 0.29) is 18.0 Å². The second-order valence-electron chi connectivity index (χ2n) is 8.03. The number of likely N-dealkylation sites (tertiary alicyclic amines) is 1. The Balaban J connectivity index is 1.57.